The minimum atomic E-state index is -0.330. The lowest BCUT2D eigenvalue weighted by molar-refractivity contribution is 0.208. The van der Waals surface area contributed by atoms with E-state index in [2.05, 4.69) is 23.5 Å². The number of nitrogens with one attached hydrogen (secondary N) is 1. The second kappa shape index (κ2) is 4.32. The Kier molecular flexibility index (Phi) is 2.88. The number of anilines is 1. The molecule has 0 aromatic heterocycles. The zero-order valence-corrected chi connectivity index (χ0v) is 8.77. The van der Waals surface area contributed by atoms with Gasteiger partial charge in [-0.05, 0) is 18.4 Å². The maximum Gasteiger partial charge on any atom is 0.0684 e. The summed E-state index contributed by atoms with van der Waals surface area (Å²) in [6.45, 7) is 2.35. The highest BCUT2D eigenvalue weighted by Crippen LogP contribution is 2.22. The minimum absolute atomic E-state index is 0.330. The summed E-state index contributed by atoms with van der Waals surface area (Å²) in [5.41, 5.74) is 1.08. The van der Waals surface area contributed by atoms with Crippen LogP contribution >= 0.6 is 0 Å². The fourth-order valence-electron chi connectivity index (χ4n) is 1.64. The second-order valence-electron chi connectivity index (χ2n) is 3.76. The lowest BCUT2D eigenvalue weighted by Gasteiger charge is -2.10. The zero-order chi connectivity index (χ0) is 10.7. The van der Waals surface area contributed by atoms with Crippen molar-refractivity contribution in [2.24, 2.45) is 0 Å². The van der Waals surface area contributed by atoms with Crippen LogP contribution in [0.2, 0.25) is 0 Å². The van der Waals surface area contributed by atoms with Crippen LogP contribution in [0.5, 0.6) is 0 Å². The van der Waals surface area contributed by atoms with Crippen molar-refractivity contribution in [1.29, 1.82) is 0 Å². The number of aliphatic hydroxyl groups is 1. The smallest absolute Gasteiger partial charge is 0.0684 e. The van der Waals surface area contributed by atoms with Crippen molar-refractivity contribution in [3.8, 4) is 0 Å². The molecule has 2 rings (SSSR count). The summed E-state index contributed by atoms with van der Waals surface area (Å²) in [5.74, 6) is 0. The number of hydrogen-bond acceptors (Lipinski definition) is 2. The lowest BCUT2D eigenvalue weighted by Crippen LogP contribution is -2.15. The molecule has 0 unspecified atom stereocenters. The van der Waals surface area contributed by atoms with Gasteiger partial charge in [-0.15, -0.1) is 0 Å². The summed E-state index contributed by atoms with van der Waals surface area (Å²) in [5, 5.41) is 14.9. The molecule has 0 bridgehead atoms. The molecule has 2 heteroatoms. The minimum Gasteiger partial charge on any atom is -0.392 e. The molecule has 0 aliphatic carbocycles. The molecule has 15 heavy (non-hydrogen) atoms. The second-order valence-corrected chi connectivity index (χ2v) is 3.76. The molecule has 2 aromatic carbocycles. The normalized spacial score (nSPS) is 12.7. The van der Waals surface area contributed by atoms with Crippen molar-refractivity contribution in [2.75, 3.05) is 11.9 Å². The van der Waals surface area contributed by atoms with Gasteiger partial charge in [-0.2, -0.15) is 0 Å². The molecular weight excluding hydrogens is 186 g/mol. The third-order valence-electron chi connectivity index (χ3n) is 2.38. The molecule has 2 N–H and O–H groups in total. The first-order chi connectivity index (χ1) is 7.27. The van der Waals surface area contributed by atoms with E-state index in [0.717, 1.165) is 5.69 Å². The van der Waals surface area contributed by atoms with Gasteiger partial charge in [-0.3, -0.25) is 0 Å². The van der Waals surface area contributed by atoms with Crippen LogP contribution in [0.15, 0.2) is 42.5 Å². The quantitative estimate of drug-likeness (QED) is 0.800. The lowest BCUT2D eigenvalue weighted by atomic mass is 10.1. The van der Waals surface area contributed by atoms with Crippen LogP contribution in [-0.4, -0.2) is 17.8 Å². The molecular formula is C13H15NO. The molecule has 0 amide bonds. The Hall–Kier alpha value is -1.54. The Balaban J connectivity index is 2.34. The van der Waals surface area contributed by atoms with Gasteiger partial charge in [0, 0.05) is 17.6 Å². The van der Waals surface area contributed by atoms with Crippen molar-refractivity contribution in [2.45, 2.75) is 13.0 Å². The van der Waals surface area contributed by atoms with E-state index in [4.69, 9.17) is 0 Å². The first-order valence-electron chi connectivity index (χ1n) is 5.17. The van der Waals surface area contributed by atoms with Crippen molar-refractivity contribution < 1.29 is 5.11 Å². The topological polar surface area (TPSA) is 32.3 Å². The third-order valence-corrected chi connectivity index (χ3v) is 2.38. The monoisotopic (exact) mass is 201 g/mol. The average molecular weight is 201 g/mol. The molecule has 0 aliphatic heterocycles. The molecule has 2 aromatic rings. The molecule has 0 radical (unpaired) electrons. The van der Waals surface area contributed by atoms with Gasteiger partial charge < -0.3 is 10.4 Å². The summed E-state index contributed by atoms with van der Waals surface area (Å²) in [6.07, 6.45) is -0.330. The Morgan fingerprint density at radius 2 is 1.87 bits per heavy atom. The van der Waals surface area contributed by atoms with E-state index < -0.39 is 0 Å². The predicted molar refractivity (Wildman–Crippen MR) is 64.1 cm³/mol. The SMILES string of the molecule is C[C@@H](O)CNc1cccc2ccccc12. The molecule has 0 heterocycles. The van der Waals surface area contributed by atoms with E-state index >= 15 is 0 Å². The molecule has 0 saturated heterocycles. The van der Waals surface area contributed by atoms with Crippen LogP contribution < -0.4 is 5.32 Å². The summed E-state index contributed by atoms with van der Waals surface area (Å²) in [7, 11) is 0. The number of rotatable bonds is 3. The standard InChI is InChI=1S/C13H15NO/c1-10(15)9-14-13-8-4-6-11-5-2-3-7-12(11)13/h2-8,10,14-15H,9H2,1H3/t10-/m1/s1. The first kappa shape index (κ1) is 9.99. The van der Waals surface area contributed by atoms with E-state index in [1.165, 1.54) is 10.8 Å². The van der Waals surface area contributed by atoms with Crippen LogP contribution in [0.25, 0.3) is 10.8 Å². The van der Waals surface area contributed by atoms with Crippen LogP contribution in [0.4, 0.5) is 5.69 Å². The van der Waals surface area contributed by atoms with E-state index in [1.54, 1.807) is 6.92 Å². The Labute approximate surface area is 89.6 Å². The van der Waals surface area contributed by atoms with Gasteiger partial charge in [-0.1, -0.05) is 36.4 Å². The largest absolute Gasteiger partial charge is 0.392 e. The molecule has 1 atom stereocenters. The number of benzene rings is 2. The zero-order valence-electron chi connectivity index (χ0n) is 8.77. The average Bonchev–Trinajstić information content (AvgIpc) is 2.26. The third kappa shape index (κ3) is 2.28. The van der Waals surface area contributed by atoms with Gasteiger partial charge in [0.2, 0.25) is 0 Å². The first-order valence-corrected chi connectivity index (χ1v) is 5.17. The summed E-state index contributed by atoms with van der Waals surface area (Å²) < 4.78 is 0. The summed E-state index contributed by atoms with van der Waals surface area (Å²) >= 11 is 0. The van der Waals surface area contributed by atoms with Crippen molar-refractivity contribution in [3.05, 3.63) is 42.5 Å². The van der Waals surface area contributed by atoms with Gasteiger partial charge in [-0.25, -0.2) is 0 Å². The van der Waals surface area contributed by atoms with E-state index in [-0.39, 0.29) is 6.10 Å². The van der Waals surface area contributed by atoms with E-state index in [9.17, 15) is 5.11 Å². The summed E-state index contributed by atoms with van der Waals surface area (Å²) in [4.78, 5) is 0. The fourth-order valence-corrected chi connectivity index (χ4v) is 1.64. The van der Waals surface area contributed by atoms with Crippen LogP contribution in [0.3, 0.4) is 0 Å². The summed E-state index contributed by atoms with van der Waals surface area (Å²) in [6, 6.07) is 14.4. The maximum absolute atomic E-state index is 9.22. The molecule has 0 aliphatic rings. The molecule has 2 nitrogen and oxygen atoms in total. The van der Waals surface area contributed by atoms with Crippen LogP contribution in [-0.2, 0) is 0 Å². The van der Waals surface area contributed by atoms with Crippen LogP contribution in [0.1, 0.15) is 6.92 Å². The maximum atomic E-state index is 9.22. The highest BCUT2D eigenvalue weighted by molar-refractivity contribution is 5.93. The highest BCUT2D eigenvalue weighted by Gasteiger charge is 2.00. The van der Waals surface area contributed by atoms with Gasteiger partial charge in [0.25, 0.3) is 0 Å². The van der Waals surface area contributed by atoms with Crippen molar-refractivity contribution in [1.82, 2.24) is 0 Å². The number of aliphatic hydroxyl groups excluding tert-OH is 1. The predicted octanol–water partition coefficient (Wildman–Crippen LogP) is 2.63. The van der Waals surface area contributed by atoms with Gasteiger partial charge in [0.05, 0.1) is 6.10 Å². The van der Waals surface area contributed by atoms with Gasteiger partial charge >= 0.3 is 0 Å². The van der Waals surface area contributed by atoms with E-state index in [0.29, 0.717) is 6.54 Å². The Morgan fingerprint density at radius 1 is 1.13 bits per heavy atom. The van der Waals surface area contributed by atoms with Crippen molar-refractivity contribution in [3.63, 3.8) is 0 Å². The molecule has 0 spiro atoms. The Bertz CT molecular complexity index is 446. The Morgan fingerprint density at radius 3 is 2.67 bits per heavy atom. The number of hydrogen-bond donors (Lipinski definition) is 2. The number of fused-ring (bicyclic) bond motifs is 1. The van der Waals surface area contributed by atoms with E-state index in [1.807, 2.05) is 24.3 Å². The highest BCUT2D eigenvalue weighted by atomic mass is 16.3. The molecule has 0 saturated carbocycles. The molecule has 0 fully saturated rings. The fraction of sp³-hybridized carbons (Fsp3) is 0.231. The van der Waals surface area contributed by atoms with Gasteiger partial charge in [0.15, 0.2) is 0 Å². The van der Waals surface area contributed by atoms with Crippen LogP contribution in [0, 0.1) is 0 Å². The van der Waals surface area contributed by atoms with Gasteiger partial charge in [0.1, 0.15) is 0 Å². The van der Waals surface area contributed by atoms with Crippen molar-refractivity contribution >= 4 is 16.5 Å². The molecule has 78 valence electrons.